The summed E-state index contributed by atoms with van der Waals surface area (Å²) in [6, 6.07) is 6.07. The van der Waals surface area contributed by atoms with Crippen LogP contribution in [0.25, 0.3) is 0 Å². The first-order valence-electron chi connectivity index (χ1n) is 21.9. The Morgan fingerprint density at radius 2 is 0.643 bits per heavy atom. The van der Waals surface area contributed by atoms with Gasteiger partial charge in [0.1, 0.15) is 0 Å². The topological polar surface area (TPSA) is 13.0 Å². The van der Waals surface area contributed by atoms with Crippen molar-refractivity contribution < 1.29 is 0 Å². The molecule has 0 spiro atoms. The van der Waals surface area contributed by atoms with E-state index < -0.39 is 65.3 Å². The summed E-state index contributed by atoms with van der Waals surface area (Å²) >= 11 is 0. The molecule has 0 aliphatic carbocycles. The highest BCUT2D eigenvalue weighted by molar-refractivity contribution is 7.14. The molecule has 56 heavy (non-hydrogen) atoms. The van der Waals surface area contributed by atoms with E-state index in [0.717, 1.165) is 0 Å². The quantitative estimate of drug-likeness (QED) is 0.183. The monoisotopic (exact) mass is 902 g/mol. The third-order valence-electron chi connectivity index (χ3n) is 14.6. The summed E-state index contributed by atoms with van der Waals surface area (Å²) in [5.74, 6) is 0.640. The van der Waals surface area contributed by atoms with Crippen LogP contribution in [0.1, 0.15) is 54.7 Å². The molecule has 3 rings (SSSR count). The molecule has 4 nitrogen and oxygen atoms in total. The fourth-order valence-electron chi connectivity index (χ4n) is 14.3. The van der Waals surface area contributed by atoms with Crippen LogP contribution >= 0.6 is 0 Å². The van der Waals surface area contributed by atoms with E-state index in [-0.39, 0.29) is 0 Å². The lowest BCUT2D eigenvalue weighted by atomic mass is 10.1. The molecular formula is C44H93N4Si8. The number of hydrogen-bond acceptors (Lipinski definition) is 4. The van der Waals surface area contributed by atoms with Crippen LogP contribution < -0.4 is 5.19 Å². The first-order chi connectivity index (χ1) is 24.6. The second-order valence-corrected chi connectivity index (χ2v) is 67.9. The molecule has 1 aromatic carbocycles. The smallest absolute Gasteiger partial charge is 0.191 e. The maximum Gasteiger partial charge on any atom is 0.191 e. The largest absolute Gasteiger partial charge is 0.359 e. The molecule has 321 valence electrons. The van der Waals surface area contributed by atoms with Crippen LogP contribution in [0, 0.1) is 0 Å². The van der Waals surface area contributed by atoms with Crippen molar-refractivity contribution in [3.05, 3.63) is 51.6 Å². The molecule has 0 saturated carbocycles. The van der Waals surface area contributed by atoms with Gasteiger partial charge in [-0.3, -0.25) is 0 Å². The van der Waals surface area contributed by atoms with Crippen LogP contribution in [0.3, 0.4) is 0 Å². The van der Waals surface area contributed by atoms with E-state index in [1.54, 1.807) is 0 Å². The molecule has 0 aromatic heterocycles. The standard InChI is InChI=1S/C44H93N4Si8/c1-32-33(2)46(6)42(45(32)5)49(43-47(7)34(3)35(4)48(43)8)39-37(40(50(9,10)11)51(12,13)14)30-36(31-38(39)41(52(15,16)17)53(18,19)20)44(54(21,22)23,55(24,25)26)56(27,28)29/h30-31,40-43H,1-29H3. The van der Waals surface area contributed by atoms with Crippen molar-refractivity contribution in [1.82, 2.24) is 19.6 Å². The molecule has 1 radical (unpaired) electrons. The highest BCUT2D eigenvalue weighted by Crippen LogP contribution is 2.52. The van der Waals surface area contributed by atoms with Crippen molar-refractivity contribution in [3.8, 4) is 0 Å². The van der Waals surface area contributed by atoms with Crippen LogP contribution in [0.4, 0.5) is 0 Å². The predicted octanol–water partition coefficient (Wildman–Crippen LogP) is 11.9. The van der Waals surface area contributed by atoms with E-state index in [1.807, 2.05) is 21.9 Å². The van der Waals surface area contributed by atoms with Crippen molar-refractivity contribution in [2.45, 2.75) is 191 Å². The minimum Gasteiger partial charge on any atom is -0.359 e. The van der Waals surface area contributed by atoms with Gasteiger partial charge in [-0.1, -0.05) is 161 Å². The van der Waals surface area contributed by atoms with Crippen LogP contribution in [-0.2, 0) is 4.28 Å². The Kier molecular flexibility index (Phi) is 13.9. The molecular weight excluding hydrogens is 809 g/mol. The Labute approximate surface area is 359 Å². The molecule has 0 bridgehead atoms. The summed E-state index contributed by atoms with van der Waals surface area (Å²) in [4.78, 5) is 10.9. The number of hydrogen-bond donors (Lipinski definition) is 0. The number of allylic oxidation sites excluding steroid dienone is 4. The maximum atomic E-state index is 3.04. The normalized spacial score (nSPS) is 18.5. The molecule has 12 heteroatoms. The van der Waals surface area contributed by atoms with Gasteiger partial charge in [-0.15, -0.1) is 0 Å². The van der Waals surface area contributed by atoms with Gasteiger partial charge < -0.3 is 19.6 Å². The fraction of sp³-hybridized carbons (Fsp3) is 0.773. The highest BCUT2D eigenvalue weighted by atomic mass is 28.5. The minimum atomic E-state index is -1.79. The van der Waals surface area contributed by atoms with E-state index in [9.17, 15) is 0 Å². The molecule has 2 aliphatic heterocycles. The summed E-state index contributed by atoms with van der Waals surface area (Å²) in [7, 11) is -4.06. The minimum absolute atomic E-state index is 0.320. The second-order valence-electron chi connectivity index (χ2n) is 25.8. The molecule has 1 aromatic rings. The average molecular weight is 903 g/mol. The molecule has 0 atom stereocenters. The zero-order chi connectivity index (χ0) is 44.2. The van der Waals surface area contributed by atoms with Gasteiger partial charge in [0.05, 0.1) is 11.6 Å². The second kappa shape index (κ2) is 15.5. The molecule has 2 aliphatic rings. The summed E-state index contributed by atoms with van der Waals surface area (Å²) < 4.78 is 0.320. The van der Waals surface area contributed by atoms with Gasteiger partial charge >= 0.3 is 0 Å². The van der Waals surface area contributed by atoms with Crippen molar-refractivity contribution in [2.24, 2.45) is 0 Å². The van der Waals surface area contributed by atoms with E-state index in [4.69, 9.17) is 0 Å². The Morgan fingerprint density at radius 1 is 0.429 bits per heavy atom. The Bertz CT molecular complexity index is 1490. The lowest BCUT2D eigenvalue weighted by Crippen LogP contribution is -2.75. The number of nitrogens with zero attached hydrogens (tertiary/aromatic N) is 4. The summed E-state index contributed by atoms with van der Waals surface area (Å²) in [6.45, 7) is 67.4. The van der Waals surface area contributed by atoms with Crippen LogP contribution in [0.2, 0.25) is 137 Å². The SMILES string of the molecule is CC1=C(C)N(C)C([Si](c2c(C([Si](C)(C)C)[Si](C)(C)C)cc(C([Si](C)(C)C)([Si](C)(C)C)[Si](C)(C)C)cc2C([Si](C)(C)C)[Si](C)(C)C)C2N(C)C(C)=C(C)N2C)N1C. The summed E-state index contributed by atoms with van der Waals surface area (Å²) in [5, 5.41) is 3.20. The Morgan fingerprint density at radius 3 is 0.821 bits per heavy atom. The van der Waals surface area contributed by atoms with Crippen LogP contribution in [0.15, 0.2) is 34.9 Å². The third kappa shape index (κ3) is 8.45. The van der Waals surface area contributed by atoms with Gasteiger partial charge in [-0.05, 0) is 53.1 Å². The van der Waals surface area contributed by atoms with E-state index in [2.05, 4.69) is 225 Å². The molecule has 0 amide bonds. The van der Waals surface area contributed by atoms with Crippen molar-refractivity contribution in [3.63, 3.8) is 0 Å². The fourth-order valence-corrected chi connectivity index (χ4v) is 74.7. The van der Waals surface area contributed by atoms with E-state index >= 15 is 0 Å². The van der Waals surface area contributed by atoms with Gasteiger partial charge in [-0.2, -0.15) is 0 Å². The summed E-state index contributed by atoms with van der Waals surface area (Å²) in [6.07, 6.45) is 0. The van der Waals surface area contributed by atoms with E-state index in [0.29, 0.717) is 26.2 Å². The van der Waals surface area contributed by atoms with Crippen molar-refractivity contribution >= 4 is 70.5 Å². The molecule has 0 N–H and O–H groups in total. The molecule has 0 fully saturated rings. The maximum absolute atomic E-state index is 3.04. The van der Waals surface area contributed by atoms with Gasteiger partial charge in [0, 0.05) is 107 Å². The molecule has 0 unspecified atom stereocenters. The van der Waals surface area contributed by atoms with Gasteiger partial charge in [0.2, 0.25) is 0 Å². The zero-order valence-electron chi connectivity index (χ0n) is 42.8. The van der Waals surface area contributed by atoms with Crippen LogP contribution in [-0.4, -0.2) is 125 Å². The number of benzene rings is 1. The van der Waals surface area contributed by atoms with Crippen molar-refractivity contribution in [1.29, 1.82) is 0 Å². The highest BCUT2D eigenvalue weighted by Gasteiger charge is 2.62. The van der Waals surface area contributed by atoms with Gasteiger partial charge in [-0.25, -0.2) is 0 Å². The lowest BCUT2D eigenvalue weighted by Gasteiger charge is -2.60. The van der Waals surface area contributed by atoms with E-state index in [1.165, 1.54) is 22.8 Å². The first kappa shape index (κ1) is 50.0. The Balaban J connectivity index is 3.00. The average Bonchev–Trinajstić information content (AvgIpc) is 3.23. The number of rotatable bonds is 13. The first-order valence-corrected chi connectivity index (χ1v) is 48.4. The Hall–Kier alpha value is -0.365. The van der Waals surface area contributed by atoms with Crippen LogP contribution in [0.5, 0.6) is 0 Å². The third-order valence-corrected chi connectivity index (χ3v) is 58.1. The lowest BCUT2D eigenvalue weighted by molar-refractivity contribution is 0.223. The van der Waals surface area contributed by atoms with Gasteiger partial charge in [0.15, 0.2) is 8.80 Å². The molecule has 2 heterocycles. The summed E-state index contributed by atoms with van der Waals surface area (Å²) in [5.41, 5.74) is 11.3. The zero-order valence-corrected chi connectivity index (χ0v) is 50.8. The van der Waals surface area contributed by atoms with Crippen molar-refractivity contribution in [2.75, 3.05) is 28.2 Å². The predicted molar refractivity (Wildman–Crippen MR) is 278 cm³/mol. The molecule has 0 saturated heterocycles. The van der Waals surface area contributed by atoms with Gasteiger partial charge in [0.25, 0.3) is 0 Å².